The molecule has 0 amide bonds. The third-order valence-corrected chi connectivity index (χ3v) is 6.75. The van der Waals surface area contributed by atoms with Crippen LogP contribution in [0.3, 0.4) is 0 Å². The van der Waals surface area contributed by atoms with Crippen LogP contribution < -0.4 is 5.56 Å². The molecule has 0 spiro atoms. The van der Waals surface area contributed by atoms with Gasteiger partial charge >= 0.3 is 0 Å². The number of thioether (sulfide) groups is 1. The van der Waals surface area contributed by atoms with Crippen molar-refractivity contribution in [3.05, 3.63) is 68.1 Å². The quantitative estimate of drug-likeness (QED) is 0.381. The Labute approximate surface area is 162 Å². The van der Waals surface area contributed by atoms with Crippen molar-refractivity contribution in [2.24, 2.45) is 0 Å². The number of benzene rings is 1. The first kappa shape index (κ1) is 17.0. The van der Waals surface area contributed by atoms with Gasteiger partial charge in [0.15, 0.2) is 5.16 Å². The van der Waals surface area contributed by atoms with Crippen LogP contribution in [0.5, 0.6) is 0 Å². The first-order valence-corrected chi connectivity index (χ1v) is 10.5. The number of nitrogens with one attached hydrogen (secondary N) is 1. The fourth-order valence-electron chi connectivity index (χ4n) is 2.77. The van der Waals surface area contributed by atoms with Crippen LogP contribution in [0.2, 0.25) is 0 Å². The molecule has 128 valence electrons. The molecule has 0 fully saturated rings. The lowest BCUT2D eigenvalue weighted by Gasteiger charge is -2.03. The summed E-state index contributed by atoms with van der Waals surface area (Å²) in [5.74, 6) is 0.645. The molecule has 3 heterocycles. The molecule has 26 heavy (non-hydrogen) atoms. The summed E-state index contributed by atoms with van der Waals surface area (Å²) in [6.45, 7) is 2.03. The molecular formula is C19H13N3OS3. The minimum Gasteiger partial charge on any atom is -0.301 e. The van der Waals surface area contributed by atoms with Crippen LogP contribution in [0.1, 0.15) is 16.0 Å². The minimum atomic E-state index is -0.101. The lowest BCUT2D eigenvalue weighted by Crippen LogP contribution is -2.08. The Morgan fingerprint density at radius 2 is 2.19 bits per heavy atom. The van der Waals surface area contributed by atoms with Gasteiger partial charge in [0.25, 0.3) is 5.56 Å². The maximum Gasteiger partial charge on any atom is 0.260 e. The van der Waals surface area contributed by atoms with E-state index in [9.17, 15) is 4.79 Å². The first-order valence-electron chi connectivity index (χ1n) is 7.85. The molecule has 3 aromatic heterocycles. The zero-order valence-electron chi connectivity index (χ0n) is 13.8. The van der Waals surface area contributed by atoms with Gasteiger partial charge in [0.05, 0.1) is 17.0 Å². The number of hydrogen-bond donors (Lipinski definition) is 1. The van der Waals surface area contributed by atoms with Crippen LogP contribution in [0, 0.1) is 18.3 Å². The Morgan fingerprint density at radius 1 is 1.31 bits per heavy atom. The number of aryl methyl sites for hydroxylation is 1. The van der Waals surface area contributed by atoms with Crippen molar-refractivity contribution in [3.63, 3.8) is 0 Å². The Kier molecular flexibility index (Phi) is 4.64. The number of hydrogen-bond acceptors (Lipinski definition) is 6. The van der Waals surface area contributed by atoms with Gasteiger partial charge in [0, 0.05) is 21.1 Å². The molecule has 0 aliphatic carbocycles. The molecule has 4 nitrogen and oxygen atoms in total. The average molecular weight is 396 g/mol. The molecule has 0 unspecified atom stereocenters. The highest BCUT2D eigenvalue weighted by molar-refractivity contribution is 7.98. The van der Waals surface area contributed by atoms with E-state index in [0.29, 0.717) is 21.9 Å². The standard InChI is InChI=1S/C19H13N3OS3/c1-11-15(14-6-3-7-24-14)16-17(23)21-19(22-18(16)26-11)25-10-13-5-2-4-12(8-13)9-20/h2-8H,10H2,1H3,(H,21,22,23). The van der Waals surface area contributed by atoms with Crippen molar-refractivity contribution in [3.8, 4) is 16.5 Å². The zero-order chi connectivity index (χ0) is 18.1. The maximum atomic E-state index is 12.7. The molecule has 7 heteroatoms. The van der Waals surface area contributed by atoms with Gasteiger partial charge in [-0.25, -0.2) is 4.98 Å². The Balaban J connectivity index is 1.68. The lowest BCUT2D eigenvalue weighted by atomic mass is 10.1. The highest BCUT2D eigenvalue weighted by Crippen LogP contribution is 2.38. The summed E-state index contributed by atoms with van der Waals surface area (Å²) in [5.41, 5.74) is 2.55. The number of nitriles is 1. The molecule has 0 atom stereocenters. The molecule has 0 radical (unpaired) electrons. The number of thiophene rings is 2. The van der Waals surface area contributed by atoms with Gasteiger partial charge in [-0.15, -0.1) is 22.7 Å². The molecule has 1 N–H and O–H groups in total. The minimum absolute atomic E-state index is 0.101. The molecule has 1 aromatic carbocycles. The summed E-state index contributed by atoms with van der Waals surface area (Å²) in [6, 6.07) is 13.6. The van der Waals surface area contributed by atoms with E-state index in [1.54, 1.807) is 28.7 Å². The number of rotatable bonds is 4. The van der Waals surface area contributed by atoms with Gasteiger partial charge in [-0.2, -0.15) is 5.26 Å². The van der Waals surface area contributed by atoms with Crippen LogP contribution in [0.4, 0.5) is 0 Å². The van der Waals surface area contributed by atoms with Gasteiger partial charge < -0.3 is 4.98 Å². The number of fused-ring (bicyclic) bond motifs is 1. The summed E-state index contributed by atoms with van der Waals surface area (Å²) >= 11 is 4.65. The normalized spacial score (nSPS) is 10.9. The molecule has 0 aliphatic rings. The van der Waals surface area contributed by atoms with E-state index in [4.69, 9.17) is 5.26 Å². The highest BCUT2D eigenvalue weighted by atomic mass is 32.2. The number of aromatic nitrogens is 2. The largest absolute Gasteiger partial charge is 0.301 e. The van der Waals surface area contributed by atoms with E-state index in [1.807, 2.05) is 42.6 Å². The van der Waals surface area contributed by atoms with Gasteiger partial charge in [-0.3, -0.25) is 4.79 Å². The van der Waals surface area contributed by atoms with E-state index in [2.05, 4.69) is 16.0 Å². The fourth-order valence-corrected chi connectivity index (χ4v) is 5.57. The van der Waals surface area contributed by atoms with Gasteiger partial charge in [0.2, 0.25) is 0 Å². The lowest BCUT2D eigenvalue weighted by molar-refractivity contribution is 0.980. The van der Waals surface area contributed by atoms with Crippen LogP contribution in [0.15, 0.2) is 51.7 Å². The zero-order valence-corrected chi connectivity index (χ0v) is 16.2. The number of aromatic amines is 1. The summed E-state index contributed by atoms with van der Waals surface area (Å²) < 4.78 is 0. The predicted molar refractivity (Wildman–Crippen MR) is 109 cm³/mol. The monoisotopic (exact) mass is 395 g/mol. The topological polar surface area (TPSA) is 69.5 Å². The van der Waals surface area contributed by atoms with Crippen LogP contribution in [-0.4, -0.2) is 9.97 Å². The Hall–Kier alpha value is -2.40. The Bertz CT molecular complexity index is 1180. The molecule has 0 aliphatic heterocycles. The molecule has 4 aromatic rings. The van der Waals surface area contributed by atoms with Gasteiger partial charge in [0.1, 0.15) is 4.83 Å². The molecule has 0 bridgehead atoms. The first-order chi connectivity index (χ1) is 12.7. The van der Waals surface area contributed by atoms with Crippen LogP contribution in [-0.2, 0) is 5.75 Å². The average Bonchev–Trinajstić information content (AvgIpc) is 3.27. The molecule has 0 saturated heterocycles. The van der Waals surface area contributed by atoms with Crippen molar-refractivity contribution in [2.75, 3.05) is 0 Å². The van der Waals surface area contributed by atoms with Crippen molar-refractivity contribution in [1.29, 1.82) is 5.26 Å². The van der Waals surface area contributed by atoms with Crippen LogP contribution >= 0.6 is 34.4 Å². The number of nitrogens with zero attached hydrogens (tertiary/aromatic N) is 2. The van der Waals surface area contributed by atoms with Gasteiger partial charge in [-0.1, -0.05) is 30.0 Å². The van der Waals surface area contributed by atoms with Crippen molar-refractivity contribution >= 4 is 44.7 Å². The van der Waals surface area contributed by atoms with Crippen LogP contribution in [0.25, 0.3) is 20.7 Å². The smallest absolute Gasteiger partial charge is 0.260 e. The molecule has 0 saturated carbocycles. The SMILES string of the molecule is Cc1sc2nc(SCc3cccc(C#N)c3)[nH]c(=O)c2c1-c1cccs1. The van der Waals surface area contributed by atoms with E-state index in [-0.39, 0.29) is 5.56 Å². The van der Waals surface area contributed by atoms with E-state index in [1.165, 1.54) is 11.8 Å². The summed E-state index contributed by atoms with van der Waals surface area (Å²) in [4.78, 5) is 23.2. The third-order valence-electron chi connectivity index (χ3n) is 3.92. The van der Waals surface area contributed by atoms with Crippen molar-refractivity contribution in [2.45, 2.75) is 17.8 Å². The molecule has 4 rings (SSSR count). The van der Waals surface area contributed by atoms with E-state index >= 15 is 0 Å². The second-order valence-corrected chi connectivity index (χ2v) is 8.78. The van der Waals surface area contributed by atoms with Gasteiger partial charge in [-0.05, 0) is 36.1 Å². The van der Waals surface area contributed by atoms with Crippen molar-refractivity contribution in [1.82, 2.24) is 9.97 Å². The third kappa shape index (κ3) is 3.19. The summed E-state index contributed by atoms with van der Waals surface area (Å²) in [5, 5.41) is 12.3. The number of H-pyrrole nitrogens is 1. The second-order valence-electron chi connectivity index (χ2n) is 5.66. The maximum absolute atomic E-state index is 12.7. The highest BCUT2D eigenvalue weighted by Gasteiger charge is 2.17. The summed E-state index contributed by atoms with van der Waals surface area (Å²) in [6.07, 6.45) is 0. The van der Waals surface area contributed by atoms with Crippen molar-refractivity contribution < 1.29 is 0 Å². The van der Waals surface area contributed by atoms with E-state index in [0.717, 1.165) is 25.7 Å². The fraction of sp³-hybridized carbons (Fsp3) is 0.105. The molecular weight excluding hydrogens is 382 g/mol. The van der Waals surface area contributed by atoms with E-state index < -0.39 is 0 Å². The summed E-state index contributed by atoms with van der Waals surface area (Å²) in [7, 11) is 0. The predicted octanol–water partition coefficient (Wildman–Crippen LogP) is 5.19. The Morgan fingerprint density at radius 3 is 2.96 bits per heavy atom. The second kappa shape index (κ2) is 7.08.